The van der Waals surface area contributed by atoms with E-state index in [2.05, 4.69) is 10.3 Å². The summed E-state index contributed by atoms with van der Waals surface area (Å²) in [4.78, 5) is 27.5. The lowest BCUT2D eigenvalue weighted by Gasteiger charge is -2.11. The molecule has 8 heteroatoms. The minimum Gasteiger partial charge on any atom is -0.477 e. The molecule has 2 aromatic rings. The van der Waals surface area contributed by atoms with Crippen molar-refractivity contribution in [3.8, 4) is 0 Å². The van der Waals surface area contributed by atoms with Gasteiger partial charge in [-0.15, -0.1) is 11.3 Å². The van der Waals surface area contributed by atoms with Crippen LogP contribution in [0.2, 0.25) is 10.0 Å². The molecule has 0 fully saturated rings. The second kappa shape index (κ2) is 7.96. The number of hydrogen-bond acceptors (Lipinski definition) is 4. The van der Waals surface area contributed by atoms with Crippen LogP contribution in [0.15, 0.2) is 18.2 Å². The van der Waals surface area contributed by atoms with Crippen LogP contribution in [0.5, 0.6) is 0 Å². The summed E-state index contributed by atoms with van der Waals surface area (Å²) < 4.78 is 0. The zero-order valence-corrected chi connectivity index (χ0v) is 15.4. The number of aromatic nitrogens is 1. The molecule has 0 radical (unpaired) electrons. The fraction of sp³-hybridized carbons (Fsp3) is 0.312. The number of benzene rings is 1. The van der Waals surface area contributed by atoms with Crippen LogP contribution < -0.4 is 5.32 Å². The lowest BCUT2D eigenvalue weighted by molar-refractivity contribution is -0.121. The first kappa shape index (κ1) is 18.7. The summed E-state index contributed by atoms with van der Waals surface area (Å²) in [6, 6.07) is 4.92. The summed E-state index contributed by atoms with van der Waals surface area (Å²) in [5, 5.41) is 13.4. The van der Waals surface area contributed by atoms with Gasteiger partial charge in [0.05, 0.1) is 21.8 Å². The number of aromatic carboxylic acids is 1. The maximum atomic E-state index is 12.1. The minimum absolute atomic E-state index is 0.140. The Morgan fingerprint density at radius 2 is 2.04 bits per heavy atom. The molecule has 0 aliphatic heterocycles. The van der Waals surface area contributed by atoms with Crippen LogP contribution in [0.4, 0.5) is 0 Å². The van der Waals surface area contributed by atoms with E-state index >= 15 is 0 Å². The lowest BCUT2D eigenvalue weighted by atomic mass is 10.1. The molecule has 1 unspecified atom stereocenters. The van der Waals surface area contributed by atoms with Crippen molar-refractivity contribution in [2.75, 3.05) is 0 Å². The van der Waals surface area contributed by atoms with E-state index in [-0.39, 0.29) is 16.8 Å². The average molecular weight is 387 g/mol. The Morgan fingerprint density at radius 1 is 1.33 bits per heavy atom. The molecule has 5 nitrogen and oxygen atoms in total. The van der Waals surface area contributed by atoms with Crippen LogP contribution in [0, 0.1) is 6.92 Å². The van der Waals surface area contributed by atoms with E-state index in [1.54, 1.807) is 26.0 Å². The van der Waals surface area contributed by atoms with Gasteiger partial charge in [-0.25, -0.2) is 9.78 Å². The van der Waals surface area contributed by atoms with Gasteiger partial charge < -0.3 is 10.4 Å². The Labute approximate surface area is 153 Å². The summed E-state index contributed by atoms with van der Waals surface area (Å²) in [5.74, 6) is -1.15. The molecule has 0 aliphatic carbocycles. The molecule has 2 N–H and O–H groups in total. The van der Waals surface area contributed by atoms with Crippen molar-refractivity contribution in [1.29, 1.82) is 0 Å². The number of nitrogens with zero attached hydrogens (tertiary/aromatic N) is 1. The third-order valence-electron chi connectivity index (χ3n) is 3.38. The maximum absolute atomic E-state index is 12.1. The molecule has 1 aromatic carbocycles. The van der Waals surface area contributed by atoms with Crippen molar-refractivity contribution in [1.82, 2.24) is 10.3 Å². The number of thiazole rings is 1. The van der Waals surface area contributed by atoms with Crippen LogP contribution in [0.1, 0.15) is 45.3 Å². The van der Waals surface area contributed by atoms with Gasteiger partial charge in [-0.05, 0) is 38.0 Å². The number of amides is 1. The molecule has 1 heterocycles. The number of halogens is 2. The van der Waals surface area contributed by atoms with Gasteiger partial charge in [-0.2, -0.15) is 0 Å². The third-order valence-corrected chi connectivity index (χ3v) is 5.45. The van der Waals surface area contributed by atoms with Gasteiger partial charge in [-0.1, -0.05) is 29.3 Å². The minimum atomic E-state index is -1.01. The predicted octanol–water partition coefficient (Wildman–Crippen LogP) is 4.27. The molecule has 0 aliphatic rings. The number of carboxylic acid groups (broad SMARTS) is 1. The summed E-state index contributed by atoms with van der Waals surface area (Å²) in [5.41, 5.74) is 1.38. The van der Waals surface area contributed by atoms with Crippen molar-refractivity contribution in [3.63, 3.8) is 0 Å². The van der Waals surface area contributed by atoms with E-state index in [1.165, 1.54) is 0 Å². The Bertz CT molecular complexity index is 777. The van der Waals surface area contributed by atoms with E-state index in [9.17, 15) is 9.59 Å². The Morgan fingerprint density at radius 3 is 2.62 bits per heavy atom. The first-order valence-electron chi connectivity index (χ1n) is 7.22. The van der Waals surface area contributed by atoms with Crippen LogP contribution in [0.3, 0.4) is 0 Å². The Balaban J connectivity index is 1.92. The average Bonchev–Trinajstić information content (AvgIpc) is 2.91. The van der Waals surface area contributed by atoms with Crippen LogP contribution >= 0.6 is 34.5 Å². The lowest BCUT2D eigenvalue weighted by Crippen LogP contribution is -2.26. The second-order valence-corrected chi connectivity index (χ2v) is 7.15. The molecule has 1 amide bonds. The number of rotatable bonds is 6. The maximum Gasteiger partial charge on any atom is 0.347 e. The van der Waals surface area contributed by atoms with E-state index in [0.717, 1.165) is 16.9 Å². The number of carboxylic acids is 1. The van der Waals surface area contributed by atoms with Gasteiger partial charge in [0, 0.05) is 6.42 Å². The van der Waals surface area contributed by atoms with Gasteiger partial charge in [0.2, 0.25) is 5.91 Å². The van der Waals surface area contributed by atoms with Crippen molar-refractivity contribution >= 4 is 46.4 Å². The van der Waals surface area contributed by atoms with Crippen LogP contribution in [-0.2, 0) is 11.2 Å². The molecule has 128 valence electrons. The van der Waals surface area contributed by atoms with Gasteiger partial charge in [-0.3, -0.25) is 4.79 Å². The van der Waals surface area contributed by atoms with E-state index < -0.39 is 5.97 Å². The molecule has 0 saturated heterocycles. The van der Waals surface area contributed by atoms with Crippen molar-refractivity contribution < 1.29 is 14.7 Å². The highest BCUT2D eigenvalue weighted by molar-refractivity contribution is 7.13. The first-order chi connectivity index (χ1) is 11.3. The number of hydrogen-bond donors (Lipinski definition) is 2. The normalized spacial score (nSPS) is 12.0. The standard InChI is InChI=1S/C16H16Cl2N2O3S/c1-8-14(16(22)23)24-15(20-8)9(2)19-13(21)6-4-10-3-5-11(17)12(18)7-10/h3,5,7,9H,4,6H2,1-2H3,(H,19,21)(H,22,23). The second-order valence-electron chi connectivity index (χ2n) is 5.31. The molecular formula is C16H16Cl2N2O3S. The van der Waals surface area contributed by atoms with Crippen LogP contribution in [-0.4, -0.2) is 22.0 Å². The summed E-state index contributed by atoms with van der Waals surface area (Å²) in [7, 11) is 0. The zero-order valence-electron chi connectivity index (χ0n) is 13.1. The largest absolute Gasteiger partial charge is 0.477 e. The van der Waals surface area contributed by atoms with Crippen molar-refractivity contribution in [2.45, 2.75) is 32.7 Å². The summed E-state index contributed by atoms with van der Waals surface area (Å²) in [6.45, 7) is 3.42. The van der Waals surface area contributed by atoms with Gasteiger partial charge in [0.25, 0.3) is 0 Å². The van der Waals surface area contributed by atoms with Gasteiger partial charge in [0.1, 0.15) is 9.88 Å². The highest BCUT2D eigenvalue weighted by Gasteiger charge is 2.19. The fourth-order valence-corrected chi connectivity index (χ4v) is 3.36. The van der Waals surface area contributed by atoms with Gasteiger partial charge >= 0.3 is 5.97 Å². The van der Waals surface area contributed by atoms with E-state index in [0.29, 0.717) is 33.6 Å². The SMILES string of the molecule is Cc1nc(C(C)NC(=O)CCc2ccc(Cl)c(Cl)c2)sc1C(=O)O. The smallest absolute Gasteiger partial charge is 0.347 e. The summed E-state index contributed by atoms with van der Waals surface area (Å²) >= 11 is 12.9. The zero-order chi connectivity index (χ0) is 17.9. The first-order valence-corrected chi connectivity index (χ1v) is 8.79. The van der Waals surface area contributed by atoms with Crippen molar-refractivity contribution in [2.24, 2.45) is 0 Å². The number of nitrogens with one attached hydrogen (secondary N) is 1. The molecule has 0 saturated carbocycles. The number of carbonyl (C=O) groups is 2. The quantitative estimate of drug-likeness (QED) is 0.776. The van der Waals surface area contributed by atoms with E-state index in [4.69, 9.17) is 28.3 Å². The highest BCUT2D eigenvalue weighted by atomic mass is 35.5. The fourth-order valence-electron chi connectivity index (χ4n) is 2.13. The monoisotopic (exact) mass is 386 g/mol. The van der Waals surface area contributed by atoms with Crippen LogP contribution in [0.25, 0.3) is 0 Å². The Hall–Kier alpha value is -1.63. The molecule has 24 heavy (non-hydrogen) atoms. The molecule has 0 bridgehead atoms. The van der Waals surface area contributed by atoms with Crippen molar-refractivity contribution in [3.05, 3.63) is 49.4 Å². The molecule has 1 atom stereocenters. The molecule has 2 rings (SSSR count). The summed E-state index contributed by atoms with van der Waals surface area (Å²) in [6.07, 6.45) is 0.825. The molecular weight excluding hydrogens is 371 g/mol. The molecule has 1 aromatic heterocycles. The predicted molar refractivity (Wildman–Crippen MR) is 95.2 cm³/mol. The molecule has 0 spiro atoms. The third kappa shape index (κ3) is 4.69. The number of carbonyl (C=O) groups excluding carboxylic acids is 1. The highest BCUT2D eigenvalue weighted by Crippen LogP contribution is 2.24. The topological polar surface area (TPSA) is 79.3 Å². The van der Waals surface area contributed by atoms with Gasteiger partial charge in [0.15, 0.2) is 0 Å². The Kier molecular flexibility index (Phi) is 6.21. The van der Waals surface area contributed by atoms with E-state index in [1.807, 2.05) is 6.07 Å². The number of aryl methyl sites for hydroxylation is 2.